The van der Waals surface area contributed by atoms with Crippen LogP contribution in [0.2, 0.25) is 0 Å². The highest BCUT2D eigenvalue weighted by molar-refractivity contribution is 5.94. The first kappa shape index (κ1) is 18.1. The van der Waals surface area contributed by atoms with Gasteiger partial charge in [0.1, 0.15) is 11.4 Å². The van der Waals surface area contributed by atoms with Gasteiger partial charge in [-0.15, -0.1) is 0 Å². The first-order chi connectivity index (χ1) is 11.5. The molecule has 0 saturated carbocycles. The highest BCUT2D eigenvalue weighted by Crippen LogP contribution is 2.26. The number of carbonyl (C=O) groups is 1. The van der Waals surface area contributed by atoms with Crippen molar-refractivity contribution in [1.29, 1.82) is 0 Å². The van der Waals surface area contributed by atoms with Crippen LogP contribution in [0.1, 0.15) is 41.8 Å². The molecule has 1 amide bonds. The number of nitrogens with one attached hydrogen (secondary N) is 1. The molecule has 0 aliphatic rings. The van der Waals surface area contributed by atoms with Gasteiger partial charge in [0.15, 0.2) is 0 Å². The van der Waals surface area contributed by atoms with Gasteiger partial charge < -0.3 is 10.1 Å². The van der Waals surface area contributed by atoms with Crippen molar-refractivity contribution < 1.29 is 13.9 Å². The van der Waals surface area contributed by atoms with Gasteiger partial charge in [0.05, 0.1) is 6.54 Å². The summed E-state index contributed by atoms with van der Waals surface area (Å²) in [6, 6.07) is 14.0. The average molecular weight is 329 g/mol. The van der Waals surface area contributed by atoms with Crippen LogP contribution in [0, 0.1) is 5.82 Å². The molecule has 0 aliphatic heterocycles. The predicted molar refractivity (Wildman–Crippen MR) is 93.5 cm³/mol. The zero-order valence-electron chi connectivity index (χ0n) is 14.4. The molecule has 0 fully saturated rings. The molecule has 0 spiro atoms. The fraction of sp³-hybridized carbons (Fsp3) is 0.350. The van der Waals surface area contributed by atoms with Gasteiger partial charge in [0, 0.05) is 18.2 Å². The lowest BCUT2D eigenvalue weighted by molar-refractivity contribution is 0.000389. The zero-order valence-corrected chi connectivity index (χ0v) is 14.4. The van der Waals surface area contributed by atoms with Crippen molar-refractivity contribution in [2.24, 2.45) is 0 Å². The minimum absolute atomic E-state index is 0.181. The van der Waals surface area contributed by atoms with E-state index in [0.717, 1.165) is 12.8 Å². The average Bonchev–Trinajstić information content (AvgIpc) is 2.61. The Labute approximate surface area is 142 Å². The van der Waals surface area contributed by atoms with Crippen LogP contribution in [0.25, 0.3) is 0 Å². The molecule has 0 heterocycles. The molecule has 1 N–H and O–H groups in total. The molecule has 3 nitrogen and oxygen atoms in total. The predicted octanol–water partition coefficient (Wildman–Crippen LogP) is 4.07. The molecule has 24 heavy (non-hydrogen) atoms. The Morgan fingerprint density at radius 2 is 1.83 bits per heavy atom. The topological polar surface area (TPSA) is 38.3 Å². The number of carbonyl (C=O) groups excluding carboxylic acids is 1. The quantitative estimate of drug-likeness (QED) is 0.831. The third-order valence-electron chi connectivity index (χ3n) is 4.24. The van der Waals surface area contributed by atoms with Gasteiger partial charge in [-0.05, 0) is 37.1 Å². The maximum Gasteiger partial charge on any atom is 0.251 e. The first-order valence-electron chi connectivity index (χ1n) is 8.17. The maximum absolute atomic E-state index is 14.0. The Kier molecular flexibility index (Phi) is 6.10. The fourth-order valence-corrected chi connectivity index (χ4v) is 2.63. The third-order valence-corrected chi connectivity index (χ3v) is 4.24. The Morgan fingerprint density at radius 3 is 2.42 bits per heavy atom. The van der Waals surface area contributed by atoms with Crippen molar-refractivity contribution in [3.8, 4) is 0 Å². The number of hydrogen-bond acceptors (Lipinski definition) is 2. The number of methoxy groups -OCH3 is 1. The van der Waals surface area contributed by atoms with Crippen LogP contribution in [0.5, 0.6) is 0 Å². The summed E-state index contributed by atoms with van der Waals surface area (Å²) in [6.45, 7) is 4.06. The Balaban J connectivity index is 2.07. The molecule has 2 rings (SSSR count). The van der Waals surface area contributed by atoms with Crippen LogP contribution in [0.4, 0.5) is 4.39 Å². The summed E-state index contributed by atoms with van der Waals surface area (Å²) in [4.78, 5) is 12.3. The van der Waals surface area contributed by atoms with Crippen molar-refractivity contribution in [1.82, 2.24) is 5.32 Å². The second-order valence-corrected chi connectivity index (χ2v) is 6.04. The van der Waals surface area contributed by atoms with Crippen molar-refractivity contribution in [3.63, 3.8) is 0 Å². The summed E-state index contributed by atoms with van der Waals surface area (Å²) >= 11 is 0. The van der Waals surface area contributed by atoms with Crippen LogP contribution in [-0.2, 0) is 16.8 Å². The molecule has 1 atom stereocenters. The number of benzene rings is 2. The molecule has 0 radical (unpaired) electrons. The highest BCUT2D eigenvalue weighted by atomic mass is 19.1. The summed E-state index contributed by atoms with van der Waals surface area (Å²) in [5.74, 6) is -0.544. The van der Waals surface area contributed by atoms with E-state index >= 15 is 0 Å². The largest absolute Gasteiger partial charge is 0.372 e. The summed E-state index contributed by atoms with van der Waals surface area (Å²) in [5, 5.41) is 2.84. The van der Waals surface area contributed by atoms with Crippen LogP contribution < -0.4 is 5.32 Å². The standard InChI is InChI=1S/C20H24FNO2/c1-4-7-15-10-12-16(13-11-15)19(23)22-14-20(2,24-3)17-8-5-6-9-18(17)21/h5-6,8-13H,4,7,14H2,1-3H3,(H,22,23). The number of aryl methyl sites for hydroxylation is 1. The second kappa shape index (κ2) is 8.06. The molecule has 128 valence electrons. The summed E-state index contributed by atoms with van der Waals surface area (Å²) in [6.07, 6.45) is 2.07. The Hall–Kier alpha value is -2.20. The molecule has 0 aromatic heterocycles. The molecule has 4 heteroatoms. The Morgan fingerprint density at radius 1 is 1.17 bits per heavy atom. The van der Waals surface area contributed by atoms with Gasteiger partial charge in [-0.2, -0.15) is 0 Å². The molecule has 2 aromatic carbocycles. The minimum atomic E-state index is -0.927. The van der Waals surface area contributed by atoms with Gasteiger partial charge >= 0.3 is 0 Å². The number of amides is 1. The molecule has 0 saturated heterocycles. The van der Waals surface area contributed by atoms with Crippen molar-refractivity contribution in [2.45, 2.75) is 32.3 Å². The number of rotatable bonds is 7. The van der Waals surface area contributed by atoms with Crippen molar-refractivity contribution in [2.75, 3.05) is 13.7 Å². The summed E-state index contributed by atoms with van der Waals surface area (Å²) in [7, 11) is 1.51. The van der Waals surface area contributed by atoms with E-state index in [4.69, 9.17) is 4.74 Å². The van der Waals surface area contributed by atoms with E-state index < -0.39 is 5.60 Å². The van der Waals surface area contributed by atoms with E-state index in [2.05, 4.69) is 12.2 Å². The molecule has 2 aromatic rings. The fourth-order valence-electron chi connectivity index (χ4n) is 2.63. The number of hydrogen-bond donors (Lipinski definition) is 1. The molecule has 0 aliphatic carbocycles. The molecular formula is C20H24FNO2. The van der Waals surface area contributed by atoms with Gasteiger partial charge in [0.2, 0.25) is 0 Å². The van der Waals surface area contributed by atoms with Gasteiger partial charge in [0.25, 0.3) is 5.91 Å². The van der Waals surface area contributed by atoms with E-state index in [1.165, 1.54) is 18.7 Å². The molecule has 1 unspecified atom stereocenters. The monoisotopic (exact) mass is 329 g/mol. The molecule has 0 bridgehead atoms. The second-order valence-electron chi connectivity index (χ2n) is 6.04. The maximum atomic E-state index is 14.0. The summed E-state index contributed by atoms with van der Waals surface area (Å²) < 4.78 is 19.5. The third kappa shape index (κ3) is 4.20. The van der Waals surface area contributed by atoms with Gasteiger partial charge in [-0.3, -0.25) is 4.79 Å². The summed E-state index contributed by atoms with van der Waals surface area (Å²) in [5.41, 5.74) is 1.29. The van der Waals surface area contributed by atoms with E-state index in [1.54, 1.807) is 25.1 Å². The lowest BCUT2D eigenvalue weighted by Crippen LogP contribution is -2.40. The van der Waals surface area contributed by atoms with Gasteiger partial charge in [-0.25, -0.2) is 4.39 Å². The lowest BCUT2D eigenvalue weighted by Gasteiger charge is -2.29. The van der Waals surface area contributed by atoms with Crippen LogP contribution in [0.15, 0.2) is 48.5 Å². The van der Waals surface area contributed by atoms with E-state index in [9.17, 15) is 9.18 Å². The number of ether oxygens (including phenoxy) is 1. The highest BCUT2D eigenvalue weighted by Gasteiger charge is 2.29. The van der Waals surface area contributed by atoms with Gasteiger partial charge in [-0.1, -0.05) is 43.7 Å². The van der Waals surface area contributed by atoms with Crippen molar-refractivity contribution >= 4 is 5.91 Å². The Bertz CT molecular complexity index is 684. The van der Waals surface area contributed by atoms with E-state index in [0.29, 0.717) is 11.1 Å². The van der Waals surface area contributed by atoms with Crippen LogP contribution in [0.3, 0.4) is 0 Å². The smallest absolute Gasteiger partial charge is 0.251 e. The molecular weight excluding hydrogens is 305 g/mol. The lowest BCUT2D eigenvalue weighted by atomic mass is 9.95. The van der Waals surface area contributed by atoms with E-state index in [1.807, 2.05) is 24.3 Å². The number of halogens is 1. The zero-order chi connectivity index (χ0) is 17.6. The SMILES string of the molecule is CCCc1ccc(C(=O)NCC(C)(OC)c2ccccc2F)cc1. The van der Waals surface area contributed by atoms with E-state index in [-0.39, 0.29) is 18.3 Å². The van der Waals surface area contributed by atoms with Crippen molar-refractivity contribution in [3.05, 3.63) is 71.0 Å². The normalized spacial score (nSPS) is 13.3. The van der Waals surface area contributed by atoms with Crippen LogP contribution in [-0.4, -0.2) is 19.6 Å². The van der Waals surface area contributed by atoms with Crippen LogP contribution >= 0.6 is 0 Å². The first-order valence-corrected chi connectivity index (χ1v) is 8.17. The minimum Gasteiger partial charge on any atom is -0.372 e.